The second-order valence-electron chi connectivity index (χ2n) is 2.77. The number of thiophene rings is 1. The molecule has 1 heterocycles. The van der Waals surface area contributed by atoms with E-state index >= 15 is 0 Å². The summed E-state index contributed by atoms with van der Waals surface area (Å²) < 4.78 is 20.1. The van der Waals surface area contributed by atoms with Gasteiger partial charge in [0.2, 0.25) is 0 Å². The van der Waals surface area contributed by atoms with Gasteiger partial charge in [-0.05, 0) is 40.4 Å². The summed E-state index contributed by atoms with van der Waals surface area (Å²) in [6.07, 6.45) is 0. The first-order chi connectivity index (χ1) is 6.74. The van der Waals surface area contributed by atoms with Crippen molar-refractivity contribution in [2.75, 3.05) is 6.61 Å². The molecular weight excluding hydrogens is 267 g/mol. The van der Waals surface area contributed by atoms with Gasteiger partial charge < -0.3 is 4.74 Å². The zero-order valence-electron chi connectivity index (χ0n) is 7.51. The van der Waals surface area contributed by atoms with Crippen LogP contribution in [0.25, 0.3) is 10.1 Å². The number of rotatable bonds is 2. The van der Waals surface area contributed by atoms with E-state index in [1.807, 2.05) is 18.4 Å². The number of hydrogen-bond donors (Lipinski definition) is 0. The second-order valence-corrected chi connectivity index (χ2v) is 4.51. The molecule has 0 saturated carbocycles. The zero-order chi connectivity index (χ0) is 10.1. The summed E-state index contributed by atoms with van der Waals surface area (Å²) in [7, 11) is 0. The normalized spacial score (nSPS) is 10.8. The van der Waals surface area contributed by atoms with Crippen LogP contribution in [0.3, 0.4) is 0 Å². The maximum absolute atomic E-state index is 13.4. The minimum atomic E-state index is -0.275. The Hall–Kier alpha value is -0.610. The molecule has 0 amide bonds. The average molecular weight is 275 g/mol. The van der Waals surface area contributed by atoms with Gasteiger partial charge in [-0.3, -0.25) is 0 Å². The Morgan fingerprint density at radius 1 is 1.57 bits per heavy atom. The lowest BCUT2D eigenvalue weighted by Crippen LogP contribution is -1.94. The quantitative estimate of drug-likeness (QED) is 0.798. The number of ether oxygens (including phenoxy) is 1. The molecule has 0 saturated heterocycles. The highest BCUT2D eigenvalue weighted by atomic mass is 79.9. The summed E-state index contributed by atoms with van der Waals surface area (Å²) in [5.41, 5.74) is 0. The van der Waals surface area contributed by atoms with Crippen molar-refractivity contribution in [3.8, 4) is 5.75 Å². The third kappa shape index (κ3) is 1.53. The van der Waals surface area contributed by atoms with Gasteiger partial charge in [0.15, 0.2) is 0 Å². The molecule has 1 aromatic carbocycles. The highest BCUT2D eigenvalue weighted by molar-refractivity contribution is 9.10. The van der Waals surface area contributed by atoms with Gasteiger partial charge in [0, 0.05) is 10.1 Å². The van der Waals surface area contributed by atoms with Gasteiger partial charge in [-0.2, -0.15) is 0 Å². The fourth-order valence-electron chi connectivity index (χ4n) is 1.31. The van der Waals surface area contributed by atoms with Gasteiger partial charge in [-0.15, -0.1) is 11.3 Å². The van der Waals surface area contributed by atoms with E-state index in [1.54, 1.807) is 0 Å². The van der Waals surface area contributed by atoms with Crippen molar-refractivity contribution in [1.82, 2.24) is 0 Å². The van der Waals surface area contributed by atoms with E-state index in [2.05, 4.69) is 15.9 Å². The Bertz CT molecular complexity index is 466. The summed E-state index contributed by atoms with van der Waals surface area (Å²) in [5, 5.41) is 2.89. The molecule has 0 bridgehead atoms. The summed E-state index contributed by atoms with van der Waals surface area (Å²) in [5.74, 6) is 0.326. The van der Waals surface area contributed by atoms with E-state index < -0.39 is 0 Å². The first kappa shape index (κ1) is 9.93. The van der Waals surface area contributed by atoms with Crippen molar-refractivity contribution in [2.45, 2.75) is 6.92 Å². The van der Waals surface area contributed by atoms with Crippen molar-refractivity contribution in [3.05, 3.63) is 27.8 Å². The van der Waals surface area contributed by atoms with E-state index in [1.165, 1.54) is 17.4 Å². The van der Waals surface area contributed by atoms with Gasteiger partial charge >= 0.3 is 0 Å². The average Bonchev–Trinajstić information content (AvgIpc) is 2.60. The molecule has 1 aromatic heterocycles. The van der Waals surface area contributed by atoms with Crippen LogP contribution in [-0.4, -0.2) is 6.61 Å². The zero-order valence-corrected chi connectivity index (χ0v) is 9.91. The van der Waals surface area contributed by atoms with Gasteiger partial charge in [0.25, 0.3) is 0 Å². The van der Waals surface area contributed by atoms with Crippen LogP contribution in [0.5, 0.6) is 5.75 Å². The molecule has 0 fully saturated rings. The maximum atomic E-state index is 13.4. The Balaban J connectivity index is 2.73. The van der Waals surface area contributed by atoms with E-state index in [0.717, 1.165) is 10.1 Å². The lowest BCUT2D eigenvalue weighted by molar-refractivity contribution is 0.340. The molecule has 4 heteroatoms. The molecule has 0 aliphatic heterocycles. The molecular formula is C10H8BrFOS. The molecule has 0 aliphatic rings. The smallest absolute Gasteiger partial charge is 0.145 e. The van der Waals surface area contributed by atoms with Crippen LogP contribution in [0.2, 0.25) is 0 Å². The van der Waals surface area contributed by atoms with Gasteiger partial charge in [-0.25, -0.2) is 4.39 Å². The molecule has 14 heavy (non-hydrogen) atoms. The Kier molecular flexibility index (Phi) is 2.74. The predicted octanol–water partition coefficient (Wildman–Crippen LogP) is 4.20. The van der Waals surface area contributed by atoms with Crippen molar-refractivity contribution in [2.24, 2.45) is 0 Å². The molecule has 0 radical (unpaired) electrons. The third-order valence-corrected chi connectivity index (χ3v) is 3.50. The monoisotopic (exact) mass is 274 g/mol. The fraction of sp³-hybridized carbons (Fsp3) is 0.200. The van der Waals surface area contributed by atoms with E-state index in [4.69, 9.17) is 4.74 Å². The maximum Gasteiger partial charge on any atom is 0.145 e. The summed E-state index contributed by atoms with van der Waals surface area (Å²) in [6, 6.07) is 3.46. The lowest BCUT2D eigenvalue weighted by Gasteiger charge is -2.07. The van der Waals surface area contributed by atoms with Crippen LogP contribution < -0.4 is 4.74 Å². The predicted molar refractivity (Wildman–Crippen MR) is 60.7 cm³/mol. The van der Waals surface area contributed by atoms with Crippen LogP contribution >= 0.6 is 27.3 Å². The van der Waals surface area contributed by atoms with Gasteiger partial charge in [0.05, 0.1) is 11.1 Å². The molecule has 2 aromatic rings. The minimum Gasteiger partial charge on any atom is -0.492 e. The van der Waals surface area contributed by atoms with Crippen LogP contribution in [0.1, 0.15) is 6.92 Å². The summed E-state index contributed by atoms with van der Waals surface area (Å²) >= 11 is 4.70. The first-order valence-corrected chi connectivity index (χ1v) is 5.89. The first-order valence-electron chi connectivity index (χ1n) is 4.22. The Morgan fingerprint density at radius 2 is 2.36 bits per heavy atom. The Labute approximate surface area is 93.6 Å². The number of benzene rings is 1. The van der Waals surface area contributed by atoms with Crippen LogP contribution in [0.4, 0.5) is 4.39 Å². The van der Waals surface area contributed by atoms with Crippen molar-refractivity contribution >= 4 is 37.4 Å². The third-order valence-electron chi connectivity index (χ3n) is 1.90. The SMILES string of the molecule is CCOc1c(Br)c(F)cc2sccc12. The molecule has 0 aliphatic carbocycles. The van der Waals surface area contributed by atoms with Crippen LogP contribution in [0.15, 0.2) is 22.0 Å². The van der Waals surface area contributed by atoms with Crippen LogP contribution in [-0.2, 0) is 0 Å². The summed E-state index contributed by atoms with van der Waals surface area (Å²) in [4.78, 5) is 0. The van der Waals surface area contributed by atoms with E-state index in [-0.39, 0.29) is 5.82 Å². The number of halogens is 2. The highest BCUT2D eigenvalue weighted by Crippen LogP contribution is 2.38. The van der Waals surface area contributed by atoms with E-state index in [9.17, 15) is 4.39 Å². The second kappa shape index (κ2) is 3.87. The number of hydrogen-bond acceptors (Lipinski definition) is 2. The summed E-state index contributed by atoms with van der Waals surface area (Å²) in [6.45, 7) is 2.42. The molecule has 74 valence electrons. The topological polar surface area (TPSA) is 9.23 Å². The Morgan fingerprint density at radius 3 is 3.07 bits per heavy atom. The molecule has 0 N–H and O–H groups in total. The lowest BCUT2D eigenvalue weighted by atomic mass is 10.2. The van der Waals surface area contributed by atoms with Crippen LogP contribution in [0, 0.1) is 5.82 Å². The minimum absolute atomic E-state index is 0.275. The van der Waals surface area contributed by atoms with E-state index in [0.29, 0.717) is 16.8 Å². The molecule has 0 atom stereocenters. The van der Waals surface area contributed by atoms with Crippen molar-refractivity contribution in [1.29, 1.82) is 0 Å². The van der Waals surface area contributed by atoms with Crippen molar-refractivity contribution in [3.63, 3.8) is 0 Å². The van der Waals surface area contributed by atoms with Crippen molar-refractivity contribution < 1.29 is 9.13 Å². The highest BCUT2D eigenvalue weighted by Gasteiger charge is 2.12. The van der Waals surface area contributed by atoms with Gasteiger partial charge in [0.1, 0.15) is 11.6 Å². The molecule has 2 rings (SSSR count). The molecule has 0 spiro atoms. The standard InChI is InChI=1S/C10H8BrFOS/c1-2-13-10-6-3-4-14-8(6)5-7(12)9(10)11/h3-5H,2H2,1H3. The van der Waals surface area contributed by atoms with Gasteiger partial charge in [-0.1, -0.05) is 0 Å². The largest absolute Gasteiger partial charge is 0.492 e. The fourth-order valence-corrected chi connectivity index (χ4v) is 2.56. The number of fused-ring (bicyclic) bond motifs is 1. The molecule has 0 unspecified atom stereocenters. The molecule has 1 nitrogen and oxygen atoms in total.